The number of esters is 3. The van der Waals surface area contributed by atoms with Crippen LogP contribution in [0, 0.1) is 5.92 Å². The van der Waals surface area contributed by atoms with Crippen LogP contribution in [0.5, 0.6) is 0 Å². The molecule has 0 N–H and O–H groups in total. The number of unbranched alkanes of at least 4 members (excludes halogenated alkanes) is 2. The highest BCUT2D eigenvalue weighted by Gasteiger charge is 2.34. The van der Waals surface area contributed by atoms with Crippen molar-refractivity contribution in [1.82, 2.24) is 0 Å². The summed E-state index contributed by atoms with van der Waals surface area (Å²) >= 11 is 0. The van der Waals surface area contributed by atoms with Gasteiger partial charge >= 0.3 is 17.9 Å². The van der Waals surface area contributed by atoms with Gasteiger partial charge in [-0.05, 0) is 54.4 Å². The third kappa shape index (κ3) is 10.8. The van der Waals surface area contributed by atoms with Crippen LogP contribution in [0.2, 0.25) is 0 Å². The van der Waals surface area contributed by atoms with Crippen LogP contribution >= 0.6 is 0 Å². The molecule has 0 aliphatic carbocycles. The van der Waals surface area contributed by atoms with E-state index in [1.807, 2.05) is 0 Å². The second kappa shape index (κ2) is 10.3. The van der Waals surface area contributed by atoms with Crippen LogP contribution in [0.15, 0.2) is 0 Å². The molecule has 0 heterocycles. The van der Waals surface area contributed by atoms with Crippen molar-refractivity contribution in [3.05, 3.63) is 0 Å². The molecule has 0 aromatic rings. The maximum atomic E-state index is 12.3. The van der Waals surface area contributed by atoms with Crippen molar-refractivity contribution >= 4 is 23.7 Å². The molecule has 0 unspecified atom stereocenters. The van der Waals surface area contributed by atoms with Crippen LogP contribution in [-0.4, -0.2) is 42.0 Å². The van der Waals surface area contributed by atoms with Gasteiger partial charge in [0.05, 0.1) is 7.11 Å². The summed E-state index contributed by atoms with van der Waals surface area (Å²) < 4.78 is 15.0. The van der Waals surface area contributed by atoms with Crippen molar-refractivity contribution in [1.29, 1.82) is 0 Å². The van der Waals surface area contributed by atoms with Crippen molar-refractivity contribution in [2.75, 3.05) is 7.11 Å². The van der Waals surface area contributed by atoms with Crippen LogP contribution in [-0.2, 0) is 33.4 Å². The highest BCUT2D eigenvalue weighted by atomic mass is 16.6. The number of ether oxygens (including phenoxy) is 3. The Morgan fingerprint density at radius 1 is 0.769 bits per heavy atom. The first-order chi connectivity index (χ1) is 11.8. The second-order valence-corrected chi connectivity index (χ2v) is 8.13. The van der Waals surface area contributed by atoms with E-state index in [0.717, 1.165) is 7.11 Å². The molecule has 0 saturated heterocycles. The fraction of sp³-hybridized carbons (Fsp3) is 0.789. The molecule has 0 amide bonds. The van der Waals surface area contributed by atoms with Gasteiger partial charge in [-0.2, -0.15) is 0 Å². The summed E-state index contributed by atoms with van der Waals surface area (Å²) in [6.07, 6.45) is 1.93. The largest absolute Gasteiger partial charge is 0.463 e. The zero-order valence-corrected chi connectivity index (χ0v) is 17.0. The summed E-state index contributed by atoms with van der Waals surface area (Å²) in [4.78, 5) is 47.1. The van der Waals surface area contributed by atoms with E-state index in [1.54, 1.807) is 41.5 Å². The van der Waals surface area contributed by atoms with Crippen LogP contribution in [0.1, 0.15) is 73.6 Å². The number of ketones is 1. The normalized spacial score (nSPS) is 11.8. The predicted molar refractivity (Wildman–Crippen MR) is 95.3 cm³/mol. The lowest BCUT2D eigenvalue weighted by atomic mass is 9.99. The van der Waals surface area contributed by atoms with E-state index in [9.17, 15) is 19.2 Å². The molecule has 0 aromatic heterocycles. The molecule has 150 valence electrons. The molecule has 7 nitrogen and oxygen atoms in total. The Bertz CT molecular complexity index is 481. The summed E-state index contributed by atoms with van der Waals surface area (Å²) in [5, 5.41) is 0. The van der Waals surface area contributed by atoms with E-state index in [2.05, 4.69) is 4.74 Å². The molecule has 0 fully saturated rings. The summed E-state index contributed by atoms with van der Waals surface area (Å²) in [5.41, 5.74) is -1.41. The van der Waals surface area contributed by atoms with Crippen molar-refractivity contribution in [2.24, 2.45) is 5.92 Å². The Kier molecular flexibility index (Phi) is 9.52. The SMILES string of the molecule is COC(=O)C(=O)CCCCCC(C(=O)OC(C)(C)C)C(=O)OC(C)(C)C. The average molecular weight is 372 g/mol. The van der Waals surface area contributed by atoms with Gasteiger partial charge in [-0.15, -0.1) is 0 Å². The number of Topliss-reactive ketones (excluding diaryl/α,β-unsaturated/α-hetero) is 1. The van der Waals surface area contributed by atoms with Crippen molar-refractivity contribution < 1.29 is 33.4 Å². The Balaban J connectivity index is 4.67. The predicted octanol–water partition coefficient (Wildman–Crippen LogP) is 2.98. The summed E-state index contributed by atoms with van der Waals surface area (Å²) in [5.74, 6) is -3.67. The number of carbonyl (C=O) groups is 4. The molecule has 0 aliphatic rings. The summed E-state index contributed by atoms with van der Waals surface area (Å²) in [6.45, 7) is 10.4. The molecule has 0 radical (unpaired) electrons. The Labute approximate surface area is 155 Å². The molecule has 0 atom stereocenters. The first-order valence-electron chi connectivity index (χ1n) is 8.83. The van der Waals surface area contributed by atoms with E-state index < -0.39 is 40.8 Å². The van der Waals surface area contributed by atoms with E-state index >= 15 is 0 Å². The molecule has 0 aromatic carbocycles. The van der Waals surface area contributed by atoms with Crippen molar-refractivity contribution in [3.8, 4) is 0 Å². The number of carbonyl (C=O) groups excluding carboxylic acids is 4. The molecule has 0 saturated carbocycles. The molecular weight excluding hydrogens is 340 g/mol. The Morgan fingerprint density at radius 3 is 1.62 bits per heavy atom. The van der Waals surface area contributed by atoms with Crippen LogP contribution in [0.25, 0.3) is 0 Å². The number of rotatable bonds is 9. The van der Waals surface area contributed by atoms with Crippen molar-refractivity contribution in [2.45, 2.75) is 84.8 Å². The number of methoxy groups -OCH3 is 1. The van der Waals surface area contributed by atoms with Gasteiger partial charge in [0, 0.05) is 6.42 Å². The molecule has 7 heteroatoms. The molecular formula is C19H32O7. The highest BCUT2D eigenvalue weighted by Crippen LogP contribution is 2.21. The Hall–Kier alpha value is -1.92. The van der Waals surface area contributed by atoms with Gasteiger partial charge in [0.25, 0.3) is 0 Å². The zero-order chi connectivity index (χ0) is 20.5. The minimum Gasteiger partial charge on any atom is -0.463 e. The van der Waals surface area contributed by atoms with Gasteiger partial charge in [0.2, 0.25) is 5.78 Å². The monoisotopic (exact) mass is 372 g/mol. The van der Waals surface area contributed by atoms with E-state index in [0.29, 0.717) is 19.3 Å². The fourth-order valence-corrected chi connectivity index (χ4v) is 2.10. The lowest BCUT2D eigenvalue weighted by Crippen LogP contribution is -2.36. The molecule has 26 heavy (non-hydrogen) atoms. The minimum absolute atomic E-state index is 0.0796. The van der Waals surface area contributed by atoms with E-state index in [-0.39, 0.29) is 12.8 Å². The third-order valence-corrected chi connectivity index (χ3v) is 3.19. The van der Waals surface area contributed by atoms with Crippen molar-refractivity contribution in [3.63, 3.8) is 0 Å². The maximum absolute atomic E-state index is 12.3. The summed E-state index contributed by atoms with van der Waals surface area (Å²) in [7, 11) is 1.16. The van der Waals surface area contributed by atoms with E-state index in [4.69, 9.17) is 9.47 Å². The zero-order valence-electron chi connectivity index (χ0n) is 17.0. The standard InChI is InChI=1S/C19H32O7/c1-18(2,3)25-15(21)13(16(22)26-19(4,5)6)11-9-8-10-12-14(20)17(23)24-7/h13H,8-12H2,1-7H3. The highest BCUT2D eigenvalue weighted by molar-refractivity contribution is 6.33. The molecule has 0 aliphatic heterocycles. The number of hydrogen-bond acceptors (Lipinski definition) is 7. The Morgan fingerprint density at radius 2 is 1.23 bits per heavy atom. The van der Waals surface area contributed by atoms with Gasteiger partial charge in [-0.25, -0.2) is 4.79 Å². The third-order valence-electron chi connectivity index (χ3n) is 3.19. The van der Waals surface area contributed by atoms with Gasteiger partial charge in [0.1, 0.15) is 11.2 Å². The lowest BCUT2D eigenvalue weighted by molar-refractivity contribution is -0.174. The average Bonchev–Trinajstić information content (AvgIpc) is 2.45. The lowest BCUT2D eigenvalue weighted by Gasteiger charge is -2.26. The topological polar surface area (TPSA) is 96.0 Å². The minimum atomic E-state index is -1.01. The smallest absolute Gasteiger partial charge is 0.374 e. The molecule has 0 bridgehead atoms. The van der Waals surface area contributed by atoms with Gasteiger partial charge in [-0.1, -0.05) is 12.8 Å². The first kappa shape index (κ1) is 24.1. The fourth-order valence-electron chi connectivity index (χ4n) is 2.10. The van der Waals surface area contributed by atoms with Gasteiger partial charge < -0.3 is 14.2 Å². The summed E-state index contributed by atoms with van der Waals surface area (Å²) in [6, 6.07) is 0. The van der Waals surface area contributed by atoms with E-state index in [1.165, 1.54) is 0 Å². The first-order valence-corrected chi connectivity index (χ1v) is 8.83. The molecule has 0 rings (SSSR count). The second-order valence-electron chi connectivity index (χ2n) is 8.13. The quantitative estimate of drug-likeness (QED) is 0.202. The molecule has 0 spiro atoms. The van der Waals surface area contributed by atoms with Crippen LogP contribution in [0.3, 0.4) is 0 Å². The number of hydrogen-bond donors (Lipinski definition) is 0. The van der Waals surface area contributed by atoms with Gasteiger partial charge in [-0.3, -0.25) is 14.4 Å². The van der Waals surface area contributed by atoms with Gasteiger partial charge in [0.15, 0.2) is 5.92 Å². The van der Waals surface area contributed by atoms with Crippen LogP contribution in [0.4, 0.5) is 0 Å². The van der Waals surface area contributed by atoms with Crippen LogP contribution < -0.4 is 0 Å². The maximum Gasteiger partial charge on any atom is 0.374 e.